The maximum absolute atomic E-state index is 13.3. The topological polar surface area (TPSA) is 93.2 Å². The highest BCUT2D eigenvalue weighted by molar-refractivity contribution is 7.92. The normalized spacial score (nSPS) is 16.4. The number of anilines is 2. The molecular formula is C33H38N4O3S. The van der Waals surface area contributed by atoms with Gasteiger partial charge in [0.2, 0.25) is 11.8 Å². The molecule has 3 aromatic carbocycles. The maximum atomic E-state index is 13.3. The van der Waals surface area contributed by atoms with Crippen LogP contribution in [0.25, 0.3) is 11.3 Å². The number of benzene rings is 3. The number of aryl methyl sites for hydroxylation is 2. The number of aromatic nitrogens is 2. The molecule has 41 heavy (non-hydrogen) atoms. The maximum Gasteiger partial charge on any atom is 0.264 e. The average Bonchev–Trinajstić information content (AvgIpc) is 2.96. The van der Waals surface area contributed by atoms with Gasteiger partial charge in [-0.15, -0.1) is 0 Å². The van der Waals surface area contributed by atoms with Crippen LogP contribution in [0.2, 0.25) is 0 Å². The minimum absolute atomic E-state index is 0.0354. The summed E-state index contributed by atoms with van der Waals surface area (Å²) in [5.74, 6) is 0.257. The molecule has 1 aliphatic heterocycles. The van der Waals surface area contributed by atoms with Gasteiger partial charge in [0.25, 0.3) is 10.0 Å². The Morgan fingerprint density at radius 2 is 1.54 bits per heavy atom. The van der Waals surface area contributed by atoms with E-state index < -0.39 is 16.1 Å². The number of hydrogen-bond acceptors (Lipinski definition) is 6. The second-order valence-corrected chi connectivity index (χ2v) is 12.4. The average molecular weight is 571 g/mol. The van der Waals surface area contributed by atoms with E-state index in [2.05, 4.69) is 65.0 Å². The molecule has 1 aromatic heterocycles. The van der Waals surface area contributed by atoms with Crippen LogP contribution in [0, 0.1) is 13.8 Å². The van der Waals surface area contributed by atoms with Gasteiger partial charge < -0.3 is 10.1 Å². The fourth-order valence-electron chi connectivity index (χ4n) is 5.83. The lowest BCUT2D eigenvalue weighted by atomic mass is 9.73. The molecule has 5 rings (SSSR count). The molecule has 0 amide bonds. The minimum atomic E-state index is -3.93. The summed E-state index contributed by atoms with van der Waals surface area (Å²) in [6.07, 6.45) is 2.85. The number of ether oxygens (including phenoxy) is 1. The van der Waals surface area contributed by atoms with Crippen molar-refractivity contribution in [2.75, 3.05) is 16.6 Å². The molecule has 1 atom stereocenters. The summed E-state index contributed by atoms with van der Waals surface area (Å²) < 4.78 is 35.7. The van der Waals surface area contributed by atoms with Crippen LogP contribution in [0.1, 0.15) is 68.4 Å². The molecule has 1 aliphatic rings. The highest BCUT2D eigenvalue weighted by atomic mass is 32.2. The molecule has 2 heterocycles. The van der Waals surface area contributed by atoms with Crippen molar-refractivity contribution in [2.24, 2.45) is 0 Å². The molecule has 0 saturated carbocycles. The highest BCUT2D eigenvalue weighted by Crippen LogP contribution is 2.36. The van der Waals surface area contributed by atoms with Crippen molar-refractivity contribution < 1.29 is 13.2 Å². The van der Waals surface area contributed by atoms with Gasteiger partial charge in [-0.25, -0.2) is 18.1 Å². The highest BCUT2D eigenvalue weighted by Gasteiger charge is 2.27. The molecule has 0 unspecified atom stereocenters. The van der Waals surface area contributed by atoms with E-state index in [0.717, 1.165) is 41.5 Å². The third-order valence-corrected chi connectivity index (χ3v) is 9.82. The zero-order valence-electron chi connectivity index (χ0n) is 24.4. The Morgan fingerprint density at radius 1 is 0.878 bits per heavy atom. The summed E-state index contributed by atoms with van der Waals surface area (Å²) in [7, 11) is -3.93. The third kappa shape index (κ3) is 5.79. The number of nitrogens with zero attached hydrogens (tertiary/aromatic N) is 2. The van der Waals surface area contributed by atoms with Gasteiger partial charge in [0.1, 0.15) is 6.10 Å². The van der Waals surface area contributed by atoms with Gasteiger partial charge in [-0.1, -0.05) is 69.3 Å². The number of fused-ring (bicyclic) bond motifs is 4. The first-order chi connectivity index (χ1) is 19.7. The van der Waals surface area contributed by atoms with Crippen LogP contribution in [0.4, 0.5) is 11.6 Å². The van der Waals surface area contributed by atoms with Crippen LogP contribution < -0.4 is 14.8 Å². The van der Waals surface area contributed by atoms with Gasteiger partial charge in [-0.05, 0) is 79.0 Å². The van der Waals surface area contributed by atoms with E-state index in [1.807, 2.05) is 38.1 Å². The van der Waals surface area contributed by atoms with Crippen molar-refractivity contribution in [3.63, 3.8) is 0 Å². The standard InChI is InChI=1S/C33H38N4O3S/c1-6-33(7-2,8-3)25-17-15-24(16-18-25)29-21-34-26-13-10-14-27(19-26)41(38,39)37-32-35-28(20-30(36-32)40-29)31-22(4)11-9-12-23(31)5/h9-20,29,34H,6-8,21H2,1-5H3,(H,35,36,37)/t29-/m0/s1. The van der Waals surface area contributed by atoms with Crippen molar-refractivity contribution in [2.45, 2.75) is 70.3 Å². The van der Waals surface area contributed by atoms with E-state index in [0.29, 0.717) is 23.8 Å². The second-order valence-electron chi connectivity index (χ2n) is 10.8. The number of rotatable bonds is 6. The number of nitrogens with one attached hydrogen (secondary N) is 2. The first kappa shape index (κ1) is 28.6. The molecule has 214 valence electrons. The van der Waals surface area contributed by atoms with E-state index in [4.69, 9.17) is 4.74 Å². The van der Waals surface area contributed by atoms with E-state index >= 15 is 0 Å². The van der Waals surface area contributed by atoms with Crippen LogP contribution in [0.5, 0.6) is 5.88 Å². The second kappa shape index (κ2) is 11.5. The molecule has 2 N–H and O–H groups in total. The summed E-state index contributed by atoms with van der Waals surface area (Å²) in [4.78, 5) is 9.26. The van der Waals surface area contributed by atoms with Gasteiger partial charge in [0, 0.05) is 17.3 Å². The Labute approximate surface area is 243 Å². The van der Waals surface area contributed by atoms with Gasteiger partial charge >= 0.3 is 0 Å². The van der Waals surface area contributed by atoms with Crippen LogP contribution in [-0.4, -0.2) is 24.9 Å². The SMILES string of the molecule is CCC(CC)(CC)c1ccc([C@@H]2CNc3cccc(c3)S(=O)(=O)Nc3nc(cc(-c4c(C)cccc4C)n3)O2)cc1. The molecule has 0 fully saturated rings. The van der Waals surface area contributed by atoms with E-state index in [-0.39, 0.29) is 16.3 Å². The zero-order chi connectivity index (χ0) is 29.2. The fourth-order valence-corrected chi connectivity index (χ4v) is 6.82. The van der Waals surface area contributed by atoms with Crippen molar-refractivity contribution in [1.82, 2.24) is 9.97 Å². The minimum Gasteiger partial charge on any atom is -0.467 e. The molecule has 8 heteroatoms. The molecular weight excluding hydrogens is 532 g/mol. The fraction of sp³-hybridized carbons (Fsp3) is 0.333. The Morgan fingerprint density at radius 3 is 2.20 bits per heavy atom. The van der Waals surface area contributed by atoms with E-state index in [1.165, 1.54) is 5.56 Å². The smallest absolute Gasteiger partial charge is 0.264 e. The molecule has 0 aliphatic carbocycles. The summed E-state index contributed by atoms with van der Waals surface area (Å²) in [5.41, 5.74) is 6.73. The predicted octanol–water partition coefficient (Wildman–Crippen LogP) is 7.57. The van der Waals surface area contributed by atoms with Gasteiger partial charge in [0.05, 0.1) is 17.1 Å². The van der Waals surface area contributed by atoms with Crippen LogP contribution in [-0.2, 0) is 15.4 Å². The van der Waals surface area contributed by atoms with Gasteiger partial charge in [0.15, 0.2) is 0 Å². The largest absolute Gasteiger partial charge is 0.467 e. The first-order valence-electron chi connectivity index (χ1n) is 14.3. The lowest BCUT2D eigenvalue weighted by Gasteiger charge is -2.31. The van der Waals surface area contributed by atoms with Crippen LogP contribution in [0.15, 0.2) is 77.7 Å². The molecule has 0 radical (unpaired) electrons. The summed E-state index contributed by atoms with van der Waals surface area (Å²) in [6, 6.07) is 23.2. The first-order valence-corrected chi connectivity index (χ1v) is 15.8. The third-order valence-electron chi connectivity index (χ3n) is 8.49. The van der Waals surface area contributed by atoms with Gasteiger partial charge in [-0.2, -0.15) is 4.98 Å². The number of hydrogen-bond donors (Lipinski definition) is 2. The quantitative estimate of drug-likeness (QED) is 0.248. The molecule has 4 aromatic rings. The lowest BCUT2D eigenvalue weighted by molar-refractivity contribution is 0.210. The van der Waals surface area contributed by atoms with E-state index in [1.54, 1.807) is 24.3 Å². The monoisotopic (exact) mass is 570 g/mol. The zero-order valence-corrected chi connectivity index (χ0v) is 25.2. The Bertz CT molecular complexity index is 1620. The van der Waals surface area contributed by atoms with E-state index in [9.17, 15) is 8.42 Å². The van der Waals surface area contributed by atoms with Crippen molar-refractivity contribution in [3.8, 4) is 17.1 Å². The Balaban J connectivity index is 1.62. The van der Waals surface area contributed by atoms with Gasteiger partial charge in [-0.3, -0.25) is 0 Å². The van der Waals surface area contributed by atoms with Crippen LogP contribution >= 0.6 is 0 Å². The summed E-state index contributed by atoms with van der Waals surface area (Å²) in [5, 5.41) is 3.38. The van der Waals surface area contributed by atoms with Crippen LogP contribution in [0.3, 0.4) is 0 Å². The number of sulfonamides is 1. The predicted molar refractivity (Wildman–Crippen MR) is 165 cm³/mol. The summed E-state index contributed by atoms with van der Waals surface area (Å²) >= 11 is 0. The van der Waals surface area contributed by atoms with Crippen molar-refractivity contribution >= 4 is 21.7 Å². The Kier molecular flexibility index (Phi) is 8.04. The molecule has 0 spiro atoms. The molecule has 4 bridgehead atoms. The lowest BCUT2D eigenvalue weighted by Crippen LogP contribution is -2.24. The van der Waals surface area contributed by atoms with Crippen molar-refractivity contribution in [1.29, 1.82) is 0 Å². The Hall–Kier alpha value is -3.91. The molecule has 0 saturated heterocycles. The van der Waals surface area contributed by atoms with Crippen molar-refractivity contribution in [3.05, 3.63) is 95.1 Å². The summed E-state index contributed by atoms with van der Waals surface area (Å²) in [6.45, 7) is 11.2. The molecule has 7 nitrogen and oxygen atoms in total.